The van der Waals surface area contributed by atoms with Gasteiger partial charge in [0.1, 0.15) is 16.5 Å². The van der Waals surface area contributed by atoms with Crippen molar-refractivity contribution in [1.82, 2.24) is 0 Å². The zero-order chi connectivity index (χ0) is 12.6. The standard InChI is InChI=1S/C12H11NO2S2/c1-12(2,3)15-10(14)9-6-16-11-8(9)4-7(5-13)17-11/h4,6H,1-3H3. The first-order chi connectivity index (χ1) is 7.90. The van der Waals surface area contributed by atoms with Crippen LogP contribution in [0.4, 0.5) is 0 Å². The molecule has 2 heterocycles. The molecule has 2 aromatic heterocycles. The molecule has 88 valence electrons. The molecule has 2 aromatic rings. The SMILES string of the molecule is CC(C)(C)OC(=O)c1csc2sc(C#N)cc12. The molecule has 0 aliphatic heterocycles. The van der Waals surface area contributed by atoms with E-state index in [0.29, 0.717) is 10.4 Å². The summed E-state index contributed by atoms with van der Waals surface area (Å²) in [5, 5.41) is 11.4. The summed E-state index contributed by atoms with van der Waals surface area (Å²) < 4.78 is 6.31. The maximum Gasteiger partial charge on any atom is 0.340 e. The highest BCUT2D eigenvalue weighted by Crippen LogP contribution is 2.34. The Labute approximate surface area is 107 Å². The Morgan fingerprint density at radius 2 is 2.18 bits per heavy atom. The van der Waals surface area contributed by atoms with Crippen LogP contribution in [0.2, 0.25) is 0 Å². The Morgan fingerprint density at radius 1 is 1.47 bits per heavy atom. The molecule has 0 amide bonds. The summed E-state index contributed by atoms with van der Waals surface area (Å²) in [4.78, 5) is 12.6. The predicted molar refractivity (Wildman–Crippen MR) is 69.6 cm³/mol. The van der Waals surface area contributed by atoms with Gasteiger partial charge < -0.3 is 4.74 Å². The fraction of sp³-hybridized carbons (Fsp3) is 0.333. The van der Waals surface area contributed by atoms with E-state index in [1.807, 2.05) is 20.8 Å². The number of thiophene rings is 2. The normalized spacial score (nSPS) is 11.4. The minimum Gasteiger partial charge on any atom is -0.456 e. The molecule has 17 heavy (non-hydrogen) atoms. The molecule has 0 saturated heterocycles. The molecule has 0 aliphatic carbocycles. The summed E-state index contributed by atoms with van der Waals surface area (Å²) in [5.41, 5.74) is 0.0528. The van der Waals surface area contributed by atoms with E-state index in [4.69, 9.17) is 10.00 Å². The molecule has 0 aromatic carbocycles. The van der Waals surface area contributed by atoms with Gasteiger partial charge in [-0.05, 0) is 26.8 Å². The Bertz CT molecular complexity index is 610. The van der Waals surface area contributed by atoms with Gasteiger partial charge in [0.25, 0.3) is 0 Å². The minimum atomic E-state index is -0.501. The number of esters is 1. The molecule has 0 unspecified atom stereocenters. The van der Waals surface area contributed by atoms with Crippen molar-refractivity contribution < 1.29 is 9.53 Å². The lowest BCUT2D eigenvalue weighted by Crippen LogP contribution is -2.23. The number of nitriles is 1. The van der Waals surface area contributed by atoms with Crippen molar-refractivity contribution in [2.24, 2.45) is 0 Å². The van der Waals surface area contributed by atoms with Crippen LogP contribution in [-0.2, 0) is 4.74 Å². The van der Waals surface area contributed by atoms with Crippen LogP contribution in [-0.4, -0.2) is 11.6 Å². The maximum absolute atomic E-state index is 11.9. The Kier molecular flexibility index (Phi) is 2.94. The molecule has 0 bridgehead atoms. The lowest BCUT2D eigenvalue weighted by Gasteiger charge is -2.18. The van der Waals surface area contributed by atoms with Crippen LogP contribution >= 0.6 is 22.7 Å². The monoisotopic (exact) mass is 265 g/mol. The molecular formula is C12H11NO2S2. The molecule has 0 N–H and O–H groups in total. The van der Waals surface area contributed by atoms with Gasteiger partial charge in [-0.1, -0.05) is 0 Å². The van der Waals surface area contributed by atoms with Gasteiger partial charge in [0.2, 0.25) is 0 Å². The fourth-order valence-electron chi connectivity index (χ4n) is 1.37. The van der Waals surface area contributed by atoms with Crippen LogP contribution in [0.1, 0.15) is 36.0 Å². The van der Waals surface area contributed by atoms with Crippen LogP contribution < -0.4 is 0 Å². The van der Waals surface area contributed by atoms with Crippen molar-refractivity contribution in [2.75, 3.05) is 0 Å². The maximum atomic E-state index is 11.9. The zero-order valence-electron chi connectivity index (χ0n) is 9.73. The van der Waals surface area contributed by atoms with E-state index in [0.717, 1.165) is 9.40 Å². The Hall–Kier alpha value is -1.38. The summed E-state index contributed by atoms with van der Waals surface area (Å²) in [6.07, 6.45) is 0. The van der Waals surface area contributed by atoms with Gasteiger partial charge in [-0.2, -0.15) is 5.26 Å². The number of hydrogen-bond donors (Lipinski definition) is 0. The van der Waals surface area contributed by atoms with E-state index >= 15 is 0 Å². The molecule has 0 radical (unpaired) electrons. The number of rotatable bonds is 1. The molecule has 5 heteroatoms. The molecule has 2 rings (SSSR count). The van der Waals surface area contributed by atoms with Crippen molar-refractivity contribution in [1.29, 1.82) is 5.26 Å². The number of nitrogens with zero attached hydrogens (tertiary/aromatic N) is 1. The number of carbonyl (C=O) groups is 1. The van der Waals surface area contributed by atoms with E-state index in [1.165, 1.54) is 22.7 Å². The van der Waals surface area contributed by atoms with E-state index < -0.39 is 5.60 Å². The Balaban J connectivity index is 2.39. The molecule has 3 nitrogen and oxygen atoms in total. The summed E-state index contributed by atoms with van der Waals surface area (Å²) >= 11 is 2.87. The van der Waals surface area contributed by atoms with Gasteiger partial charge >= 0.3 is 5.97 Å². The van der Waals surface area contributed by atoms with Gasteiger partial charge in [0, 0.05) is 10.8 Å². The van der Waals surface area contributed by atoms with Crippen molar-refractivity contribution in [3.05, 3.63) is 21.9 Å². The minimum absolute atomic E-state index is 0.328. The molecule has 0 spiro atoms. The average molecular weight is 265 g/mol. The van der Waals surface area contributed by atoms with Gasteiger partial charge in [-0.15, -0.1) is 22.7 Å². The predicted octanol–water partition coefficient (Wildman–Crippen LogP) is 3.79. The lowest BCUT2D eigenvalue weighted by molar-refractivity contribution is 0.00724. The van der Waals surface area contributed by atoms with Gasteiger partial charge in [-0.3, -0.25) is 0 Å². The summed E-state index contributed by atoms with van der Waals surface area (Å²) in [5.74, 6) is -0.328. The molecule has 0 atom stereocenters. The van der Waals surface area contributed by atoms with Gasteiger partial charge in [0.05, 0.1) is 9.58 Å². The molecule has 0 aliphatic rings. The van der Waals surface area contributed by atoms with Crippen LogP contribution in [0.3, 0.4) is 0 Å². The topological polar surface area (TPSA) is 50.1 Å². The van der Waals surface area contributed by atoms with Gasteiger partial charge in [-0.25, -0.2) is 4.79 Å². The summed E-state index contributed by atoms with van der Waals surface area (Å²) in [7, 11) is 0. The van der Waals surface area contributed by atoms with E-state index in [2.05, 4.69) is 6.07 Å². The average Bonchev–Trinajstić information content (AvgIpc) is 2.71. The highest BCUT2D eigenvalue weighted by Gasteiger charge is 2.21. The van der Waals surface area contributed by atoms with E-state index in [1.54, 1.807) is 11.4 Å². The third-order valence-corrected chi connectivity index (χ3v) is 4.16. The third kappa shape index (κ3) is 2.48. The second-order valence-electron chi connectivity index (χ2n) is 4.57. The Morgan fingerprint density at radius 3 is 2.76 bits per heavy atom. The number of ether oxygens (including phenoxy) is 1. The molecular weight excluding hydrogens is 254 g/mol. The van der Waals surface area contributed by atoms with Gasteiger partial charge in [0.15, 0.2) is 0 Å². The van der Waals surface area contributed by atoms with Crippen LogP contribution in [0.15, 0.2) is 11.4 Å². The van der Waals surface area contributed by atoms with Crippen molar-refractivity contribution >= 4 is 38.0 Å². The molecule has 0 saturated carbocycles. The number of hydrogen-bond acceptors (Lipinski definition) is 5. The number of fused-ring (bicyclic) bond motifs is 1. The van der Waals surface area contributed by atoms with Crippen molar-refractivity contribution in [3.63, 3.8) is 0 Å². The zero-order valence-corrected chi connectivity index (χ0v) is 11.4. The van der Waals surface area contributed by atoms with Crippen molar-refractivity contribution in [2.45, 2.75) is 26.4 Å². The lowest BCUT2D eigenvalue weighted by atomic mass is 10.2. The first-order valence-corrected chi connectivity index (χ1v) is 6.75. The fourth-order valence-corrected chi connectivity index (χ4v) is 3.42. The quantitative estimate of drug-likeness (QED) is 0.737. The van der Waals surface area contributed by atoms with Crippen molar-refractivity contribution in [3.8, 4) is 6.07 Å². The van der Waals surface area contributed by atoms with E-state index in [9.17, 15) is 4.79 Å². The largest absolute Gasteiger partial charge is 0.456 e. The molecule has 0 fully saturated rings. The number of carbonyl (C=O) groups excluding carboxylic acids is 1. The second-order valence-corrected chi connectivity index (χ2v) is 6.77. The first kappa shape index (κ1) is 12.1. The summed E-state index contributed by atoms with van der Waals surface area (Å²) in [6.45, 7) is 5.51. The summed E-state index contributed by atoms with van der Waals surface area (Å²) in [6, 6.07) is 3.84. The van der Waals surface area contributed by atoms with E-state index in [-0.39, 0.29) is 5.97 Å². The van der Waals surface area contributed by atoms with Crippen LogP contribution in [0, 0.1) is 11.3 Å². The highest BCUT2D eigenvalue weighted by molar-refractivity contribution is 7.38. The third-order valence-electron chi connectivity index (χ3n) is 2.00. The first-order valence-electron chi connectivity index (χ1n) is 5.05. The van der Waals surface area contributed by atoms with Crippen LogP contribution in [0.5, 0.6) is 0 Å². The second kappa shape index (κ2) is 4.13. The highest BCUT2D eigenvalue weighted by atomic mass is 32.2. The smallest absolute Gasteiger partial charge is 0.340 e. The van der Waals surface area contributed by atoms with Crippen LogP contribution in [0.25, 0.3) is 9.40 Å².